The quantitative estimate of drug-likeness (QED) is 0.0387. The minimum absolute atomic E-state index is 0. The predicted octanol–water partition coefficient (Wildman–Crippen LogP) is 6.18. The summed E-state index contributed by atoms with van der Waals surface area (Å²) in [6, 6.07) is 29.6. The first kappa shape index (κ1) is 69.6. The number of carbonyl (C=O) groups is 5. The first-order chi connectivity index (χ1) is 31.2. The molecule has 378 valence electrons. The molecular formula is C52H82N3NaO9S3. The number of nitrogens with one attached hydrogen (secondary N) is 2. The van der Waals surface area contributed by atoms with Crippen LogP contribution in [0.15, 0.2) is 91.0 Å². The molecule has 0 bridgehead atoms. The van der Waals surface area contributed by atoms with Gasteiger partial charge in [-0.05, 0) is 73.0 Å². The number of hydrogen-bond donors (Lipinski definition) is 5. The minimum Gasteiger partial charge on any atom is -0.870 e. The number of rotatable bonds is 24. The molecule has 0 heterocycles. The summed E-state index contributed by atoms with van der Waals surface area (Å²) in [5.74, 6) is 2.16. The van der Waals surface area contributed by atoms with E-state index in [-0.39, 0.29) is 87.3 Å². The summed E-state index contributed by atoms with van der Waals surface area (Å²) >= 11 is 6.90. The molecule has 0 aliphatic rings. The van der Waals surface area contributed by atoms with E-state index in [1.54, 1.807) is 13.8 Å². The predicted molar refractivity (Wildman–Crippen MR) is 281 cm³/mol. The van der Waals surface area contributed by atoms with Gasteiger partial charge in [-0.3, -0.25) is 24.0 Å². The second kappa shape index (κ2) is 42.0. The maximum absolute atomic E-state index is 12.0. The Kier molecular flexibility index (Phi) is 43.0. The van der Waals surface area contributed by atoms with Crippen LogP contribution in [0.2, 0.25) is 0 Å². The summed E-state index contributed by atoms with van der Waals surface area (Å²) in [4.78, 5) is 56.1. The molecule has 0 spiro atoms. The van der Waals surface area contributed by atoms with Crippen LogP contribution in [0.4, 0.5) is 0 Å². The Morgan fingerprint density at radius 3 is 1.32 bits per heavy atom. The molecule has 0 amide bonds. The Labute approximate surface area is 445 Å². The van der Waals surface area contributed by atoms with Crippen molar-refractivity contribution in [3.63, 3.8) is 0 Å². The number of carboxylic acid groups (broad SMARTS) is 1. The van der Waals surface area contributed by atoms with Gasteiger partial charge in [-0.15, -0.1) is 0 Å². The molecule has 3 aromatic rings. The van der Waals surface area contributed by atoms with Gasteiger partial charge < -0.3 is 36.4 Å². The van der Waals surface area contributed by atoms with Crippen molar-refractivity contribution in [3.8, 4) is 0 Å². The molecule has 0 fully saturated rings. The number of methoxy groups -OCH3 is 2. The molecule has 3 aromatic carbocycles. The van der Waals surface area contributed by atoms with Gasteiger partial charge in [0, 0.05) is 49.2 Å². The normalized spacial score (nSPS) is 13.1. The summed E-state index contributed by atoms with van der Waals surface area (Å²) in [6.07, 6.45) is 4.66. The maximum atomic E-state index is 12.0. The Hall–Kier alpha value is -2.70. The Balaban J connectivity index is -0.000000854. The van der Waals surface area contributed by atoms with Gasteiger partial charge in [0.1, 0.15) is 12.1 Å². The van der Waals surface area contributed by atoms with Gasteiger partial charge in [-0.25, -0.2) is 0 Å². The third kappa shape index (κ3) is 37.2. The monoisotopic (exact) mass is 1010 g/mol. The Morgan fingerprint density at radius 2 is 0.956 bits per heavy atom. The Morgan fingerprint density at radius 1 is 0.588 bits per heavy atom. The molecule has 68 heavy (non-hydrogen) atoms. The summed E-state index contributed by atoms with van der Waals surface area (Å²) in [6.45, 7) is 17.4. The van der Waals surface area contributed by atoms with Gasteiger partial charge >= 0.3 is 47.5 Å². The van der Waals surface area contributed by atoms with Crippen LogP contribution in [0.25, 0.3) is 0 Å². The van der Waals surface area contributed by atoms with Crippen LogP contribution in [0.5, 0.6) is 0 Å². The summed E-state index contributed by atoms with van der Waals surface area (Å²) in [7, 11) is 2.84. The number of ether oxygens (including phenoxy) is 2. The van der Waals surface area contributed by atoms with Crippen molar-refractivity contribution in [2.45, 2.75) is 131 Å². The summed E-state index contributed by atoms with van der Waals surface area (Å²) in [5, 5.41) is 16.1. The van der Waals surface area contributed by atoms with Crippen LogP contribution in [-0.4, -0.2) is 100 Å². The van der Waals surface area contributed by atoms with Crippen LogP contribution < -0.4 is 45.9 Å². The number of esters is 2. The Bertz CT molecular complexity index is 1760. The van der Waals surface area contributed by atoms with Crippen LogP contribution in [-0.2, 0) is 52.7 Å². The van der Waals surface area contributed by atoms with E-state index in [0.717, 1.165) is 25.7 Å². The van der Waals surface area contributed by atoms with Gasteiger partial charge in [0.05, 0.1) is 20.1 Å². The fourth-order valence-electron chi connectivity index (χ4n) is 6.69. The van der Waals surface area contributed by atoms with Gasteiger partial charge in [-0.2, -0.15) is 12.6 Å². The van der Waals surface area contributed by atoms with E-state index < -0.39 is 12.0 Å². The second-order valence-electron chi connectivity index (χ2n) is 17.6. The summed E-state index contributed by atoms with van der Waals surface area (Å²) < 4.78 is 9.49. The third-order valence-electron chi connectivity index (χ3n) is 9.70. The van der Waals surface area contributed by atoms with Gasteiger partial charge in [0.2, 0.25) is 0 Å². The third-order valence-corrected chi connectivity index (χ3v) is 12.1. The second-order valence-corrected chi connectivity index (χ2v) is 20.4. The van der Waals surface area contributed by atoms with Crippen molar-refractivity contribution in [1.29, 1.82) is 0 Å². The molecule has 0 aromatic heterocycles. The zero-order chi connectivity index (χ0) is 50.0. The van der Waals surface area contributed by atoms with E-state index in [1.165, 1.54) is 54.4 Å². The number of carbonyl (C=O) groups excluding carboxylic acids is 4. The van der Waals surface area contributed by atoms with E-state index in [9.17, 15) is 29.1 Å². The molecule has 6 N–H and O–H groups in total. The first-order valence-corrected chi connectivity index (χ1v) is 25.5. The fraction of sp³-hybridized carbons (Fsp3) is 0.558. The molecule has 3 rings (SSSR count). The average molecular weight is 1010 g/mol. The molecule has 0 saturated heterocycles. The van der Waals surface area contributed by atoms with Crippen molar-refractivity contribution < 1.29 is 73.6 Å². The molecule has 0 radical (unpaired) electrons. The van der Waals surface area contributed by atoms with Crippen molar-refractivity contribution in [1.82, 2.24) is 10.6 Å². The molecule has 16 heteroatoms. The van der Waals surface area contributed by atoms with Crippen LogP contribution in [0.3, 0.4) is 0 Å². The number of nitrogens with two attached hydrogens (primary N) is 1. The van der Waals surface area contributed by atoms with Crippen LogP contribution in [0.1, 0.15) is 98.3 Å². The number of benzene rings is 3. The van der Waals surface area contributed by atoms with E-state index in [2.05, 4.69) is 92.1 Å². The largest absolute Gasteiger partial charge is 1.00 e. The average Bonchev–Trinajstić information content (AvgIpc) is 3.27. The summed E-state index contributed by atoms with van der Waals surface area (Å²) in [5.41, 5.74) is 9.49. The zero-order valence-corrected chi connectivity index (χ0v) is 47.3. The van der Waals surface area contributed by atoms with Gasteiger partial charge in [0.25, 0.3) is 0 Å². The maximum Gasteiger partial charge on any atom is 1.00 e. The van der Waals surface area contributed by atoms with Crippen molar-refractivity contribution in [3.05, 3.63) is 108 Å². The molecule has 0 saturated carbocycles. The van der Waals surface area contributed by atoms with E-state index in [1.807, 2.05) is 75.4 Å². The van der Waals surface area contributed by atoms with Crippen molar-refractivity contribution >= 4 is 64.3 Å². The SMILES string of the molecule is CC(=O)SC[C@H](N)Cc1ccccc1.CC(C)C[C@H](N[C@@H](CS)Cc1ccccc1)C(=O)O.COC(=O)[C@H](C)CC(C)C.COC(=O)[C@H](CC(C)C)N[C@@H](CSC(C)=O)Cc1ccccc1.[Na+].[OH-]. The standard InChI is InChI=1S/C18H27NO3S.C15H23NO2S.C11H15NOS.C8H16O2.Na.H2O/c1-13(2)10-17(18(21)22-4)19-16(12-23-14(3)20)11-15-8-6-5-7-9-15;1-11(2)8-14(15(17)18)16-13(10-19)9-12-6-4-3-5-7-12;1-9(13)14-8-11(12)7-10-5-3-2-4-6-10;1-6(2)5-7(3)8(9)10-4;;/h5-9,13,16-17,19H,10-12H2,1-4H3;3-7,11,13-14,16,19H,8-10H2,1-2H3,(H,17,18);2-6,11H,7-8,12H2,1H3;6-7H,5H2,1-4H3;;1H2/q;;;;+1;/p-1/t16-,17+;13-,14+;11-;7-;;/m1111../s1. The fourth-order valence-corrected chi connectivity index (χ4v) is 8.14. The molecule has 0 aliphatic carbocycles. The van der Waals surface area contributed by atoms with Gasteiger partial charge in [0.15, 0.2) is 10.2 Å². The number of aliphatic carboxylic acids is 1. The minimum atomic E-state index is -0.784. The number of hydrogen-bond acceptors (Lipinski definition) is 14. The van der Waals surface area contributed by atoms with E-state index in [4.69, 9.17) is 10.5 Å². The number of thioether (sulfide) groups is 2. The van der Waals surface area contributed by atoms with E-state index in [0.29, 0.717) is 47.9 Å². The topological polar surface area (TPSA) is 204 Å². The molecule has 12 nitrogen and oxygen atoms in total. The van der Waals surface area contributed by atoms with Crippen LogP contribution in [0, 0.1) is 23.7 Å². The van der Waals surface area contributed by atoms with Crippen LogP contribution >= 0.6 is 36.2 Å². The molecule has 0 unspecified atom stereocenters. The van der Waals surface area contributed by atoms with Gasteiger partial charge in [-0.1, -0.05) is 163 Å². The number of thiol groups is 1. The smallest absolute Gasteiger partial charge is 0.870 e. The van der Waals surface area contributed by atoms with Crippen molar-refractivity contribution in [2.24, 2.45) is 29.4 Å². The zero-order valence-electron chi connectivity index (χ0n) is 42.8. The molecule has 0 aliphatic heterocycles. The molecule has 6 atom stereocenters. The number of carboxylic acids is 1. The van der Waals surface area contributed by atoms with Crippen molar-refractivity contribution in [2.75, 3.05) is 31.5 Å². The molecular weight excluding hydrogens is 930 g/mol. The first-order valence-electron chi connectivity index (χ1n) is 22.9. The van der Waals surface area contributed by atoms with E-state index >= 15 is 0 Å².